The van der Waals surface area contributed by atoms with Crippen LogP contribution in [0.25, 0.3) is 0 Å². The van der Waals surface area contributed by atoms with Gasteiger partial charge in [-0.3, -0.25) is 0 Å². The predicted octanol–water partition coefficient (Wildman–Crippen LogP) is 2.79. The third-order valence-electron chi connectivity index (χ3n) is 1.87. The standard InChI is InChI=1S/C11H14FN/c1-8(2)7-11(13)9-5-3-4-6-10(9)12/h3-6,11H,1,7,13H2,2H3/t11-/m1/s1. The summed E-state index contributed by atoms with van der Waals surface area (Å²) < 4.78 is 13.2. The van der Waals surface area contributed by atoms with E-state index in [9.17, 15) is 4.39 Å². The maximum absolute atomic E-state index is 13.2. The third-order valence-corrected chi connectivity index (χ3v) is 1.87. The summed E-state index contributed by atoms with van der Waals surface area (Å²) in [7, 11) is 0. The van der Waals surface area contributed by atoms with Crippen LogP contribution in [0.2, 0.25) is 0 Å². The highest BCUT2D eigenvalue weighted by Gasteiger charge is 2.09. The molecule has 0 spiro atoms. The number of hydrogen-bond acceptors (Lipinski definition) is 1. The zero-order valence-corrected chi connectivity index (χ0v) is 7.76. The normalized spacial score (nSPS) is 12.5. The maximum Gasteiger partial charge on any atom is 0.127 e. The molecule has 0 aliphatic carbocycles. The molecule has 0 saturated heterocycles. The Balaban J connectivity index is 2.82. The molecule has 0 amide bonds. The Bertz CT molecular complexity index is 307. The summed E-state index contributed by atoms with van der Waals surface area (Å²) >= 11 is 0. The monoisotopic (exact) mass is 179 g/mol. The van der Waals surface area contributed by atoms with E-state index in [0.29, 0.717) is 12.0 Å². The minimum atomic E-state index is -0.279. The van der Waals surface area contributed by atoms with Crippen LogP contribution < -0.4 is 5.73 Å². The summed E-state index contributed by atoms with van der Waals surface area (Å²) in [5.41, 5.74) is 7.32. The fraction of sp³-hybridized carbons (Fsp3) is 0.273. The Morgan fingerprint density at radius 1 is 1.54 bits per heavy atom. The molecule has 0 saturated carbocycles. The lowest BCUT2D eigenvalue weighted by atomic mass is 10.0. The summed E-state index contributed by atoms with van der Waals surface area (Å²) in [5, 5.41) is 0. The smallest absolute Gasteiger partial charge is 0.127 e. The zero-order valence-electron chi connectivity index (χ0n) is 7.76. The molecule has 1 atom stereocenters. The van der Waals surface area contributed by atoms with Gasteiger partial charge in [0.25, 0.3) is 0 Å². The summed E-state index contributed by atoms with van der Waals surface area (Å²) in [6.45, 7) is 5.64. The average Bonchev–Trinajstić information content (AvgIpc) is 2.03. The largest absolute Gasteiger partial charge is 0.324 e. The number of hydrogen-bond donors (Lipinski definition) is 1. The molecule has 1 nitrogen and oxygen atoms in total. The van der Waals surface area contributed by atoms with E-state index in [2.05, 4.69) is 6.58 Å². The van der Waals surface area contributed by atoms with Crippen LogP contribution >= 0.6 is 0 Å². The van der Waals surface area contributed by atoms with Crippen molar-refractivity contribution >= 4 is 0 Å². The Morgan fingerprint density at radius 3 is 2.69 bits per heavy atom. The van der Waals surface area contributed by atoms with Gasteiger partial charge in [0.15, 0.2) is 0 Å². The van der Waals surface area contributed by atoms with E-state index in [0.717, 1.165) is 5.57 Å². The van der Waals surface area contributed by atoms with Crippen molar-refractivity contribution < 1.29 is 4.39 Å². The second kappa shape index (κ2) is 4.19. The fourth-order valence-corrected chi connectivity index (χ4v) is 1.26. The molecule has 1 aromatic carbocycles. The second-order valence-corrected chi connectivity index (χ2v) is 3.29. The summed E-state index contributed by atoms with van der Waals surface area (Å²) in [6.07, 6.45) is 0.626. The minimum absolute atomic E-state index is 0.240. The molecule has 13 heavy (non-hydrogen) atoms. The minimum Gasteiger partial charge on any atom is -0.324 e. The van der Waals surface area contributed by atoms with E-state index in [-0.39, 0.29) is 11.9 Å². The van der Waals surface area contributed by atoms with E-state index >= 15 is 0 Å². The highest BCUT2D eigenvalue weighted by atomic mass is 19.1. The second-order valence-electron chi connectivity index (χ2n) is 3.29. The van der Waals surface area contributed by atoms with E-state index in [1.54, 1.807) is 18.2 Å². The molecule has 0 aliphatic heterocycles. The molecule has 0 fully saturated rings. The molecule has 1 aromatic rings. The first-order valence-corrected chi connectivity index (χ1v) is 4.25. The van der Waals surface area contributed by atoms with Crippen LogP contribution in [-0.2, 0) is 0 Å². The van der Waals surface area contributed by atoms with Crippen LogP contribution in [0, 0.1) is 5.82 Å². The first-order chi connectivity index (χ1) is 6.11. The van der Waals surface area contributed by atoms with E-state index in [1.165, 1.54) is 6.07 Å². The molecular weight excluding hydrogens is 165 g/mol. The van der Waals surface area contributed by atoms with Crippen molar-refractivity contribution in [3.8, 4) is 0 Å². The van der Waals surface area contributed by atoms with Crippen LogP contribution in [0.4, 0.5) is 4.39 Å². The Hall–Kier alpha value is -1.15. The summed E-state index contributed by atoms with van der Waals surface area (Å²) in [5.74, 6) is -0.240. The lowest BCUT2D eigenvalue weighted by Crippen LogP contribution is -2.12. The van der Waals surface area contributed by atoms with Crippen LogP contribution in [0.1, 0.15) is 24.9 Å². The number of benzene rings is 1. The number of nitrogens with two attached hydrogens (primary N) is 1. The molecule has 0 bridgehead atoms. The third kappa shape index (κ3) is 2.67. The molecule has 0 unspecified atom stereocenters. The van der Waals surface area contributed by atoms with Crippen LogP contribution in [0.15, 0.2) is 36.4 Å². The molecule has 0 aliphatic rings. The van der Waals surface area contributed by atoms with Crippen molar-refractivity contribution in [1.82, 2.24) is 0 Å². The van der Waals surface area contributed by atoms with Crippen molar-refractivity contribution in [2.24, 2.45) is 5.73 Å². The average molecular weight is 179 g/mol. The van der Waals surface area contributed by atoms with Gasteiger partial charge in [-0.05, 0) is 19.4 Å². The fourth-order valence-electron chi connectivity index (χ4n) is 1.26. The van der Waals surface area contributed by atoms with Gasteiger partial charge in [-0.1, -0.05) is 23.8 Å². The maximum atomic E-state index is 13.2. The van der Waals surface area contributed by atoms with Gasteiger partial charge in [0.05, 0.1) is 0 Å². The molecule has 70 valence electrons. The van der Waals surface area contributed by atoms with Gasteiger partial charge in [0.2, 0.25) is 0 Å². The Kier molecular flexibility index (Phi) is 3.20. The van der Waals surface area contributed by atoms with Crippen LogP contribution in [0.5, 0.6) is 0 Å². The van der Waals surface area contributed by atoms with Crippen molar-refractivity contribution in [3.05, 3.63) is 47.8 Å². The van der Waals surface area contributed by atoms with Gasteiger partial charge in [0.1, 0.15) is 5.82 Å². The number of halogens is 1. The lowest BCUT2D eigenvalue weighted by Gasteiger charge is -2.12. The van der Waals surface area contributed by atoms with Gasteiger partial charge in [-0.15, -0.1) is 6.58 Å². The van der Waals surface area contributed by atoms with Crippen molar-refractivity contribution in [2.75, 3.05) is 0 Å². The molecule has 2 heteroatoms. The first kappa shape index (κ1) is 9.93. The Labute approximate surface area is 78.1 Å². The molecule has 0 heterocycles. The van der Waals surface area contributed by atoms with E-state index in [1.807, 2.05) is 6.92 Å². The highest BCUT2D eigenvalue weighted by Crippen LogP contribution is 2.19. The zero-order chi connectivity index (χ0) is 9.84. The molecule has 2 N–H and O–H groups in total. The Morgan fingerprint density at radius 2 is 2.15 bits per heavy atom. The summed E-state index contributed by atoms with van der Waals surface area (Å²) in [4.78, 5) is 0. The topological polar surface area (TPSA) is 26.0 Å². The summed E-state index contributed by atoms with van der Waals surface area (Å²) in [6, 6.07) is 6.30. The lowest BCUT2D eigenvalue weighted by molar-refractivity contribution is 0.580. The molecule has 0 radical (unpaired) electrons. The van der Waals surface area contributed by atoms with Gasteiger partial charge in [-0.2, -0.15) is 0 Å². The van der Waals surface area contributed by atoms with Gasteiger partial charge >= 0.3 is 0 Å². The van der Waals surface area contributed by atoms with Crippen molar-refractivity contribution in [1.29, 1.82) is 0 Å². The van der Waals surface area contributed by atoms with Gasteiger partial charge < -0.3 is 5.73 Å². The quantitative estimate of drug-likeness (QED) is 0.709. The van der Waals surface area contributed by atoms with Crippen molar-refractivity contribution in [2.45, 2.75) is 19.4 Å². The van der Waals surface area contributed by atoms with E-state index < -0.39 is 0 Å². The number of rotatable bonds is 3. The molecular formula is C11H14FN. The molecule has 1 rings (SSSR count). The van der Waals surface area contributed by atoms with Gasteiger partial charge in [0, 0.05) is 11.6 Å². The highest BCUT2D eigenvalue weighted by molar-refractivity contribution is 5.22. The van der Waals surface area contributed by atoms with Crippen LogP contribution in [-0.4, -0.2) is 0 Å². The van der Waals surface area contributed by atoms with E-state index in [4.69, 9.17) is 5.73 Å². The van der Waals surface area contributed by atoms with Crippen LogP contribution in [0.3, 0.4) is 0 Å². The predicted molar refractivity (Wildman–Crippen MR) is 52.8 cm³/mol. The first-order valence-electron chi connectivity index (χ1n) is 4.25. The molecule has 0 aromatic heterocycles. The van der Waals surface area contributed by atoms with Crippen molar-refractivity contribution in [3.63, 3.8) is 0 Å². The van der Waals surface area contributed by atoms with Gasteiger partial charge in [-0.25, -0.2) is 4.39 Å². The SMILES string of the molecule is C=C(C)C[C@@H](N)c1ccccc1F.